The quantitative estimate of drug-likeness (QED) is 0.541. The van der Waals surface area contributed by atoms with Crippen LogP contribution < -0.4 is 25.3 Å². The van der Waals surface area contributed by atoms with E-state index < -0.39 is 11.9 Å². The average Bonchev–Trinajstić information content (AvgIpc) is 2.78. The van der Waals surface area contributed by atoms with Crippen molar-refractivity contribution in [1.82, 2.24) is 20.3 Å². The van der Waals surface area contributed by atoms with Crippen LogP contribution in [-0.2, 0) is 9.59 Å². The molecule has 0 unspecified atom stereocenters. The molecule has 160 valence electrons. The first-order chi connectivity index (χ1) is 14.5. The maximum Gasteiger partial charge on any atom is 0.228 e. The number of carbonyl (C=O) groups is 2. The molecular formula is C19H22N6O4S-2. The Morgan fingerprint density at radius 1 is 1.00 bits per heavy atom. The molecule has 0 bridgehead atoms. The number of hydrogen-bond acceptors (Lipinski definition) is 11. The topological polar surface area (TPSA) is 137 Å². The molecule has 0 spiro atoms. The van der Waals surface area contributed by atoms with Gasteiger partial charge in [-0.05, 0) is 24.3 Å². The van der Waals surface area contributed by atoms with Crippen molar-refractivity contribution in [2.45, 2.75) is 0 Å². The van der Waals surface area contributed by atoms with Crippen LogP contribution in [-0.4, -0.2) is 77.7 Å². The number of aromatic nitrogens is 3. The fraction of sp³-hybridized carbons (Fsp3) is 0.421. The summed E-state index contributed by atoms with van der Waals surface area (Å²) in [5.74, 6) is 1.06. The number of carbonyl (C=O) groups excluding carboxylic acids is 2. The van der Waals surface area contributed by atoms with E-state index in [2.05, 4.69) is 20.1 Å². The Labute approximate surface area is 178 Å². The van der Waals surface area contributed by atoms with Crippen molar-refractivity contribution in [3.63, 3.8) is 0 Å². The van der Waals surface area contributed by atoms with Gasteiger partial charge in [0.2, 0.25) is 5.95 Å². The number of carboxylic acids is 2. The van der Waals surface area contributed by atoms with Gasteiger partial charge in [-0.1, -0.05) is 0 Å². The average molecular weight is 430 g/mol. The summed E-state index contributed by atoms with van der Waals surface area (Å²) in [5, 5.41) is 22.2. The maximum absolute atomic E-state index is 9.41. The Hall–Kier alpha value is -2.92. The lowest BCUT2D eigenvalue weighted by Crippen LogP contribution is -2.44. The molecule has 4 rings (SSSR count). The van der Waals surface area contributed by atoms with Crippen molar-refractivity contribution in [3.8, 4) is 0 Å². The maximum atomic E-state index is 9.41. The summed E-state index contributed by atoms with van der Waals surface area (Å²) in [4.78, 5) is 37.6. The molecule has 0 saturated carbocycles. The lowest BCUT2D eigenvalue weighted by atomic mass is 10.3. The number of anilines is 2. The van der Waals surface area contributed by atoms with Crippen molar-refractivity contribution in [3.05, 3.63) is 30.5 Å². The highest BCUT2D eigenvalue weighted by Gasteiger charge is 2.21. The van der Waals surface area contributed by atoms with Gasteiger partial charge in [-0.25, -0.2) is 4.98 Å². The Morgan fingerprint density at radius 2 is 1.67 bits per heavy atom. The third-order valence-electron chi connectivity index (χ3n) is 4.49. The number of piperazine rings is 1. The molecule has 2 aliphatic rings. The summed E-state index contributed by atoms with van der Waals surface area (Å²) >= 11 is 2.01. The number of hydrogen-bond donors (Lipinski definition) is 1. The van der Waals surface area contributed by atoms with Crippen LogP contribution in [0.5, 0.6) is 0 Å². The molecule has 0 amide bonds. The minimum atomic E-state index is -1.55. The van der Waals surface area contributed by atoms with Crippen LogP contribution in [0.2, 0.25) is 0 Å². The predicted octanol–water partition coefficient (Wildman–Crippen LogP) is -1.97. The molecule has 11 heteroatoms. The zero-order chi connectivity index (χ0) is 21.3. The molecule has 0 atom stereocenters. The van der Waals surface area contributed by atoms with E-state index in [1.165, 1.54) is 0 Å². The van der Waals surface area contributed by atoms with Crippen LogP contribution in [0.25, 0.3) is 11.0 Å². The largest absolute Gasteiger partial charge is 0.545 e. The Morgan fingerprint density at radius 3 is 2.30 bits per heavy atom. The third kappa shape index (κ3) is 6.04. The first-order valence-electron chi connectivity index (χ1n) is 9.56. The smallest absolute Gasteiger partial charge is 0.228 e. The molecular weight excluding hydrogens is 408 g/mol. The summed E-state index contributed by atoms with van der Waals surface area (Å²) in [7, 11) is 0. The van der Waals surface area contributed by atoms with E-state index in [4.69, 9.17) is 9.97 Å². The van der Waals surface area contributed by atoms with Crippen molar-refractivity contribution in [1.29, 1.82) is 0 Å². The van der Waals surface area contributed by atoms with E-state index in [0.717, 1.165) is 73.6 Å². The molecule has 0 aliphatic carbocycles. The van der Waals surface area contributed by atoms with Crippen LogP contribution >= 0.6 is 11.8 Å². The van der Waals surface area contributed by atoms with Gasteiger partial charge in [-0.15, -0.1) is 0 Å². The number of nitrogens with one attached hydrogen (secondary N) is 1. The van der Waals surface area contributed by atoms with Gasteiger partial charge in [-0.2, -0.15) is 16.7 Å². The van der Waals surface area contributed by atoms with Crippen LogP contribution in [0, 0.1) is 0 Å². The van der Waals surface area contributed by atoms with Gasteiger partial charge >= 0.3 is 0 Å². The second kappa shape index (κ2) is 10.7. The minimum absolute atomic E-state index is 0.384. The number of pyridine rings is 1. The van der Waals surface area contributed by atoms with Crippen molar-refractivity contribution >= 4 is 46.5 Å². The molecule has 4 heterocycles. The molecule has 2 aromatic rings. The van der Waals surface area contributed by atoms with Gasteiger partial charge in [0.1, 0.15) is 5.52 Å². The van der Waals surface area contributed by atoms with Crippen LogP contribution in [0.1, 0.15) is 0 Å². The predicted molar refractivity (Wildman–Crippen MR) is 111 cm³/mol. The van der Waals surface area contributed by atoms with Gasteiger partial charge in [0.05, 0.1) is 17.5 Å². The van der Waals surface area contributed by atoms with Crippen molar-refractivity contribution < 1.29 is 19.8 Å². The second-order valence-electron chi connectivity index (χ2n) is 6.53. The Kier molecular flexibility index (Phi) is 7.80. The van der Waals surface area contributed by atoms with Crippen molar-refractivity contribution in [2.75, 3.05) is 60.6 Å². The minimum Gasteiger partial charge on any atom is -0.545 e. The molecule has 2 fully saturated rings. The van der Waals surface area contributed by atoms with E-state index in [0.29, 0.717) is 12.2 Å². The van der Waals surface area contributed by atoms with Crippen LogP contribution in [0.4, 0.5) is 11.8 Å². The molecule has 0 aromatic carbocycles. The first-order valence-corrected chi connectivity index (χ1v) is 10.7. The van der Waals surface area contributed by atoms with E-state index >= 15 is 0 Å². The standard InChI is InChI=1S/C15H20N6S.C4H4O4/c1-2-12-13(17-3-1)14(20-8-10-22-11-9-20)19-15(18-12)21-6-4-16-5-7-21;5-3(6)1-2-4(7)8/h1-3,16H,4-11H2;1-2H,(H,5,6)(H,7,8)/p-2/b;2-1-. The normalized spacial score (nSPS) is 16.9. The molecule has 2 aromatic heterocycles. The van der Waals surface area contributed by atoms with Crippen LogP contribution in [0.3, 0.4) is 0 Å². The third-order valence-corrected chi connectivity index (χ3v) is 5.43. The number of rotatable bonds is 4. The summed E-state index contributed by atoms with van der Waals surface area (Å²) in [6, 6.07) is 3.99. The summed E-state index contributed by atoms with van der Waals surface area (Å²) in [6.07, 6.45) is 2.60. The van der Waals surface area contributed by atoms with Gasteiger partial charge < -0.3 is 34.9 Å². The van der Waals surface area contributed by atoms with Gasteiger partial charge in [-0.3, -0.25) is 4.98 Å². The number of thioether (sulfide) groups is 1. The van der Waals surface area contributed by atoms with Gasteiger partial charge in [0, 0.05) is 57.0 Å². The monoisotopic (exact) mass is 430 g/mol. The van der Waals surface area contributed by atoms with Crippen LogP contribution in [0.15, 0.2) is 30.5 Å². The highest BCUT2D eigenvalue weighted by atomic mass is 32.2. The summed E-state index contributed by atoms with van der Waals surface area (Å²) in [5.41, 5.74) is 1.87. The van der Waals surface area contributed by atoms with E-state index in [-0.39, 0.29) is 0 Å². The highest BCUT2D eigenvalue weighted by Crippen LogP contribution is 2.27. The molecule has 0 radical (unpaired) electrons. The number of fused-ring (bicyclic) bond motifs is 1. The number of nitrogens with zero attached hydrogens (tertiary/aromatic N) is 5. The SMILES string of the molecule is O=C([O-])/C=C\C(=O)[O-].c1cnc2c(N3CCSCC3)nc(N3CCNCC3)nc2c1. The molecule has 10 nitrogen and oxygen atoms in total. The molecule has 2 aliphatic heterocycles. The van der Waals surface area contributed by atoms with E-state index in [1.807, 2.05) is 30.1 Å². The number of aliphatic carboxylic acids is 2. The number of carboxylic acid groups (broad SMARTS) is 2. The lowest BCUT2D eigenvalue weighted by Gasteiger charge is -2.31. The lowest BCUT2D eigenvalue weighted by molar-refractivity contribution is -0.301. The fourth-order valence-corrected chi connectivity index (χ4v) is 3.98. The highest BCUT2D eigenvalue weighted by molar-refractivity contribution is 7.99. The second-order valence-corrected chi connectivity index (χ2v) is 7.75. The summed E-state index contributed by atoms with van der Waals surface area (Å²) < 4.78 is 0. The molecule has 30 heavy (non-hydrogen) atoms. The zero-order valence-electron chi connectivity index (χ0n) is 16.3. The Balaban J connectivity index is 0.000000275. The fourth-order valence-electron chi connectivity index (χ4n) is 3.08. The van der Waals surface area contributed by atoms with Crippen molar-refractivity contribution in [2.24, 2.45) is 0 Å². The van der Waals surface area contributed by atoms with E-state index in [1.54, 1.807) is 0 Å². The molecule has 2 saturated heterocycles. The summed E-state index contributed by atoms with van der Waals surface area (Å²) in [6.45, 7) is 5.97. The Bertz CT molecular complexity index is 897. The van der Waals surface area contributed by atoms with E-state index in [9.17, 15) is 19.8 Å². The van der Waals surface area contributed by atoms with Gasteiger partial charge in [0.15, 0.2) is 5.82 Å². The first kappa shape index (κ1) is 21.8. The molecule has 1 N–H and O–H groups in total. The van der Waals surface area contributed by atoms with Gasteiger partial charge in [0.25, 0.3) is 0 Å². The zero-order valence-corrected chi connectivity index (χ0v) is 17.1.